The zero-order valence-corrected chi connectivity index (χ0v) is 11.7. The Balaban J connectivity index is 2.12. The topological polar surface area (TPSA) is 26.0 Å². The number of benzene rings is 1. The molecule has 0 saturated heterocycles. The lowest BCUT2D eigenvalue weighted by molar-refractivity contribution is 0.172. The van der Waals surface area contributed by atoms with Gasteiger partial charge >= 0.3 is 0 Å². The first-order valence-corrected chi connectivity index (χ1v) is 6.91. The Kier molecular flexibility index (Phi) is 3.76. The monoisotopic (exact) mass is 249 g/mol. The van der Waals surface area contributed by atoms with E-state index in [0.717, 1.165) is 18.4 Å². The third-order valence-electron chi connectivity index (χ3n) is 4.40. The van der Waals surface area contributed by atoms with Crippen molar-refractivity contribution in [2.24, 2.45) is 17.1 Å². The summed E-state index contributed by atoms with van der Waals surface area (Å²) in [4.78, 5) is 0. The predicted octanol–water partition coefficient (Wildman–Crippen LogP) is 4.35. The Morgan fingerprint density at radius 2 is 1.89 bits per heavy atom. The van der Waals surface area contributed by atoms with E-state index in [-0.39, 0.29) is 11.9 Å². The summed E-state index contributed by atoms with van der Waals surface area (Å²) >= 11 is 0. The number of nitrogens with two attached hydrogens (primary N) is 1. The van der Waals surface area contributed by atoms with Gasteiger partial charge in [0.2, 0.25) is 0 Å². The van der Waals surface area contributed by atoms with Gasteiger partial charge in [-0.15, -0.1) is 0 Å². The van der Waals surface area contributed by atoms with Crippen molar-refractivity contribution in [3.63, 3.8) is 0 Å². The maximum Gasteiger partial charge on any atom is 0.127 e. The van der Waals surface area contributed by atoms with E-state index in [1.807, 2.05) is 13.0 Å². The van der Waals surface area contributed by atoms with Gasteiger partial charge in [0.15, 0.2) is 0 Å². The van der Waals surface area contributed by atoms with E-state index in [4.69, 9.17) is 5.73 Å². The molecule has 1 aromatic rings. The third kappa shape index (κ3) is 2.92. The molecule has 1 saturated carbocycles. The van der Waals surface area contributed by atoms with Gasteiger partial charge in [0.05, 0.1) is 0 Å². The Bertz CT molecular complexity index is 415. The Morgan fingerprint density at radius 3 is 2.50 bits per heavy atom. The maximum absolute atomic E-state index is 13.8. The molecule has 1 aromatic carbocycles. The zero-order valence-electron chi connectivity index (χ0n) is 11.7. The van der Waals surface area contributed by atoms with E-state index in [1.54, 1.807) is 6.07 Å². The van der Waals surface area contributed by atoms with E-state index in [0.29, 0.717) is 16.9 Å². The van der Waals surface area contributed by atoms with Crippen LogP contribution in [0, 0.1) is 24.1 Å². The summed E-state index contributed by atoms with van der Waals surface area (Å²) in [6, 6.07) is 5.09. The summed E-state index contributed by atoms with van der Waals surface area (Å²) in [7, 11) is 0. The summed E-state index contributed by atoms with van der Waals surface area (Å²) in [5, 5.41) is 0. The molecule has 2 heteroatoms. The number of rotatable bonds is 2. The van der Waals surface area contributed by atoms with E-state index in [1.165, 1.54) is 18.9 Å². The van der Waals surface area contributed by atoms with E-state index < -0.39 is 0 Å². The SMILES string of the molecule is Cc1ccc(F)c(C(N)C2CCC(C)(C)CC2)c1. The van der Waals surface area contributed by atoms with Crippen molar-refractivity contribution in [1.29, 1.82) is 0 Å². The highest BCUT2D eigenvalue weighted by molar-refractivity contribution is 5.27. The molecule has 2 N–H and O–H groups in total. The number of hydrogen-bond acceptors (Lipinski definition) is 1. The van der Waals surface area contributed by atoms with Crippen molar-refractivity contribution in [1.82, 2.24) is 0 Å². The number of aryl methyl sites for hydroxylation is 1. The van der Waals surface area contributed by atoms with Crippen LogP contribution in [0.3, 0.4) is 0 Å². The summed E-state index contributed by atoms with van der Waals surface area (Å²) < 4.78 is 13.8. The van der Waals surface area contributed by atoms with Gasteiger partial charge < -0.3 is 5.73 Å². The normalized spacial score (nSPS) is 21.8. The first kappa shape index (κ1) is 13.5. The van der Waals surface area contributed by atoms with E-state index in [9.17, 15) is 4.39 Å². The molecule has 1 unspecified atom stereocenters. The number of halogens is 1. The maximum atomic E-state index is 13.8. The summed E-state index contributed by atoms with van der Waals surface area (Å²) in [5.74, 6) is 0.271. The average Bonchev–Trinajstić information content (AvgIpc) is 2.31. The van der Waals surface area contributed by atoms with Crippen molar-refractivity contribution < 1.29 is 4.39 Å². The number of hydrogen-bond donors (Lipinski definition) is 1. The molecule has 0 aliphatic heterocycles. The zero-order chi connectivity index (χ0) is 13.3. The fourth-order valence-corrected chi connectivity index (χ4v) is 2.95. The fraction of sp³-hybridized carbons (Fsp3) is 0.625. The van der Waals surface area contributed by atoms with E-state index >= 15 is 0 Å². The quantitative estimate of drug-likeness (QED) is 0.828. The highest BCUT2D eigenvalue weighted by Gasteiger charge is 2.31. The van der Waals surface area contributed by atoms with Gasteiger partial charge in [0.1, 0.15) is 5.82 Å². The molecule has 0 bridgehead atoms. The van der Waals surface area contributed by atoms with Gasteiger partial charge in [0.25, 0.3) is 0 Å². The molecule has 1 atom stereocenters. The highest BCUT2D eigenvalue weighted by Crippen LogP contribution is 2.42. The summed E-state index contributed by atoms with van der Waals surface area (Å²) in [6.45, 7) is 6.60. The second kappa shape index (κ2) is 5.00. The van der Waals surface area contributed by atoms with Crippen LogP contribution >= 0.6 is 0 Å². The van der Waals surface area contributed by atoms with Crippen LogP contribution in [0.4, 0.5) is 4.39 Å². The fourth-order valence-electron chi connectivity index (χ4n) is 2.95. The third-order valence-corrected chi connectivity index (χ3v) is 4.40. The minimum Gasteiger partial charge on any atom is -0.324 e. The molecule has 1 aliphatic carbocycles. The molecular formula is C16H24FN. The minimum atomic E-state index is -0.155. The van der Waals surface area contributed by atoms with Crippen LogP contribution in [0.2, 0.25) is 0 Å². The van der Waals surface area contributed by atoms with Gasteiger partial charge in [-0.25, -0.2) is 4.39 Å². The van der Waals surface area contributed by atoms with Crippen LogP contribution in [0.5, 0.6) is 0 Å². The first-order valence-electron chi connectivity index (χ1n) is 6.91. The van der Waals surface area contributed by atoms with Gasteiger partial charge in [-0.1, -0.05) is 31.5 Å². The molecule has 2 rings (SSSR count). The van der Waals surface area contributed by atoms with Crippen LogP contribution in [-0.4, -0.2) is 0 Å². The largest absolute Gasteiger partial charge is 0.324 e. The van der Waals surface area contributed by atoms with Crippen molar-refractivity contribution >= 4 is 0 Å². The van der Waals surface area contributed by atoms with Gasteiger partial charge in [-0.2, -0.15) is 0 Å². The minimum absolute atomic E-state index is 0.152. The van der Waals surface area contributed by atoms with Crippen LogP contribution in [0.15, 0.2) is 18.2 Å². The second-order valence-corrected chi connectivity index (χ2v) is 6.55. The molecule has 1 nitrogen and oxygen atoms in total. The molecule has 1 aliphatic rings. The lowest BCUT2D eigenvalue weighted by Gasteiger charge is -2.37. The molecule has 100 valence electrons. The standard InChI is InChI=1S/C16H24FN/c1-11-4-5-14(17)13(10-11)15(18)12-6-8-16(2,3)9-7-12/h4-5,10,12,15H,6-9,18H2,1-3H3. The molecule has 0 spiro atoms. The van der Waals surface area contributed by atoms with Gasteiger partial charge in [-0.05, 0) is 50.0 Å². The predicted molar refractivity (Wildman–Crippen MR) is 73.8 cm³/mol. The molecule has 18 heavy (non-hydrogen) atoms. The molecule has 0 aromatic heterocycles. The first-order chi connectivity index (χ1) is 8.39. The van der Waals surface area contributed by atoms with Gasteiger partial charge in [-0.3, -0.25) is 0 Å². The van der Waals surface area contributed by atoms with Crippen LogP contribution in [0.25, 0.3) is 0 Å². The van der Waals surface area contributed by atoms with E-state index in [2.05, 4.69) is 13.8 Å². The molecule has 0 amide bonds. The lowest BCUT2D eigenvalue weighted by Crippen LogP contribution is -2.29. The Morgan fingerprint density at radius 1 is 1.28 bits per heavy atom. The molecule has 0 heterocycles. The highest BCUT2D eigenvalue weighted by atomic mass is 19.1. The summed E-state index contributed by atoms with van der Waals surface area (Å²) in [5.41, 5.74) is 8.50. The molecule has 0 radical (unpaired) electrons. The smallest absolute Gasteiger partial charge is 0.127 e. The van der Waals surface area contributed by atoms with Crippen molar-refractivity contribution in [3.8, 4) is 0 Å². The van der Waals surface area contributed by atoms with Crippen molar-refractivity contribution in [2.45, 2.75) is 52.5 Å². The van der Waals surface area contributed by atoms with Crippen LogP contribution in [-0.2, 0) is 0 Å². The van der Waals surface area contributed by atoms with Gasteiger partial charge in [0, 0.05) is 11.6 Å². The summed E-state index contributed by atoms with van der Waals surface area (Å²) in [6.07, 6.45) is 4.61. The molecular weight excluding hydrogens is 225 g/mol. The van der Waals surface area contributed by atoms with Crippen LogP contribution in [0.1, 0.15) is 56.7 Å². The van der Waals surface area contributed by atoms with Crippen LogP contribution < -0.4 is 5.73 Å². The average molecular weight is 249 g/mol. The molecule has 1 fully saturated rings. The lowest BCUT2D eigenvalue weighted by atomic mass is 9.70. The van der Waals surface area contributed by atoms with Crippen molar-refractivity contribution in [3.05, 3.63) is 35.1 Å². The van der Waals surface area contributed by atoms with Crippen molar-refractivity contribution in [2.75, 3.05) is 0 Å². The second-order valence-electron chi connectivity index (χ2n) is 6.55. The Labute approximate surface area is 110 Å². The Hall–Kier alpha value is -0.890.